The zero-order valence-electron chi connectivity index (χ0n) is 17.0. The molecule has 4 rings (SSSR count). The van der Waals surface area contributed by atoms with Crippen molar-refractivity contribution in [2.24, 2.45) is 0 Å². The first-order valence-corrected chi connectivity index (χ1v) is 9.90. The van der Waals surface area contributed by atoms with E-state index in [9.17, 15) is 9.59 Å². The molecule has 31 heavy (non-hydrogen) atoms. The maximum atomic E-state index is 13.8. The molecule has 2 heterocycles. The van der Waals surface area contributed by atoms with Gasteiger partial charge in [-0.3, -0.25) is 9.69 Å². The first kappa shape index (κ1) is 20.7. The Bertz CT molecular complexity index is 1070. The van der Waals surface area contributed by atoms with E-state index < -0.39 is 17.5 Å². The molecule has 1 saturated heterocycles. The van der Waals surface area contributed by atoms with E-state index in [0.717, 1.165) is 4.90 Å². The van der Waals surface area contributed by atoms with Crippen LogP contribution in [0.4, 0.5) is 4.79 Å². The van der Waals surface area contributed by atoms with E-state index in [2.05, 4.69) is 10.3 Å². The SMILES string of the molecule is COc1ccc(C2(c3ccc(OC)cc3)NC(=O)N(Cc3cccnc3Cl)C2=O)cc1. The standard InChI is InChI=1S/C23H20ClN3O4/c1-30-18-9-5-16(6-10-18)23(17-7-11-19(31-2)12-8-17)21(28)27(22(29)26-23)14-15-4-3-13-25-20(15)24/h3-13H,14H2,1-2H3,(H,26,29). The third-order valence-electron chi connectivity index (χ3n) is 5.32. The number of halogens is 1. The Balaban J connectivity index is 1.81. The third-order valence-corrected chi connectivity index (χ3v) is 5.66. The zero-order valence-corrected chi connectivity index (χ0v) is 17.7. The number of benzene rings is 2. The summed E-state index contributed by atoms with van der Waals surface area (Å²) in [7, 11) is 3.13. The highest BCUT2D eigenvalue weighted by atomic mass is 35.5. The average Bonchev–Trinajstić information content (AvgIpc) is 3.06. The van der Waals surface area contributed by atoms with Gasteiger partial charge in [0, 0.05) is 11.8 Å². The molecule has 158 valence electrons. The van der Waals surface area contributed by atoms with E-state index in [1.165, 1.54) is 0 Å². The Morgan fingerprint density at radius 3 is 1.97 bits per heavy atom. The number of rotatable bonds is 6. The molecular formula is C23H20ClN3O4. The summed E-state index contributed by atoms with van der Waals surface area (Å²) >= 11 is 6.16. The number of urea groups is 1. The molecule has 0 saturated carbocycles. The van der Waals surface area contributed by atoms with Gasteiger partial charge in [-0.05, 0) is 41.5 Å². The van der Waals surface area contributed by atoms with Crippen LogP contribution in [0.3, 0.4) is 0 Å². The minimum absolute atomic E-state index is 0.00536. The van der Waals surface area contributed by atoms with Gasteiger partial charge >= 0.3 is 6.03 Å². The Morgan fingerprint density at radius 2 is 1.48 bits per heavy atom. The van der Waals surface area contributed by atoms with Gasteiger partial charge in [-0.2, -0.15) is 0 Å². The molecule has 0 atom stereocenters. The van der Waals surface area contributed by atoms with Crippen LogP contribution in [0.1, 0.15) is 16.7 Å². The van der Waals surface area contributed by atoms with Gasteiger partial charge in [0.1, 0.15) is 16.7 Å². The van der Waals surface area contributed by atoms with Crippen molar-refractivity contribution >= 4 is 23.5 Å². The van der Waals surface area contributed by atoms with Gasteiger partial charge in [-0.15, -0.1) is 0 Å². The quantitative estimate of drug-likeness (QED) is 0.469. The van der Waals surface area contributed by atoms with Gasteiger partial charge < -0.3 is 14.8 Å². The lowest BCUT2D eigenvalue weighted by Gasteiger charge is -2.28. The minimum Gasteiger partial charge on any atom is -0.497 e. The second-order valence-electron chi connectivity index (χ2n) is 6.98. The van der Waals surface area contributed by atoms with Crippen LogP contribution in [0.5, 0.6) is 11.5 Å². The fourth-order valence-electron chi connectivity index (χ4n) is 3.67. The number of methoxy groups -OCH3 is 2. The second kappa shape index (κ2) is 8.28. The average molecular weight is 438 g/mol. The smallest absolute Gasteiger partial charge is 0.325 e. The Hall–Kier alpha value is -3.58. The summed E-state index contributed by atoms with van der Waals surface area (Å²) in [5.74, 6) is 0.876. The third kappa shape index (κ3) is 3.57. The van der Waals surface area contributed by atoms with Gasteiger partial charge in [0.25, 0.3) is 5.91 Å². The molecule has 1 aliphatic rings. The molecule has 1 N–H and O–H groups in total. The summed E-state index contributed by atoms with van der Waals surface area (Å²) in [6.07, 6.45) is 1.55. The second-order valence-corrected chi connectivity index (χ2v) is 7.34. The van der Waals surface area contributed by atoms with Gasteiger partial charge in [-0.25, -0.2) is 9.78 Å². The largest absolute Gasteiger partial charge is 0.497 e. The molecule has 1 aromatic heterocycles. The van der Waals surface area contributed by atoms with Crippen molar-refractivity contribution in [2.45, 2.75) is 12.1 Å². The number of imide groups is 1. The predicted octanol–water partition coefficient (Wildman–Crippen LogP) is 3.75. The molecule has 0 unspecified atom stereocenters. The number of pyridine rings is 1. The molecule has 7 nitrogen and oxygen atoms in total. The highest BCUT2D eigenvalue weighted by Gasteiger charge is 2.53. The van der Waals surface area contributed by atoms with Crippen LogP contribution in [0.15, 0.2) is 66.9 Å². The number of amides is 3. The predicted molar refractivity (Wildman–Crippen MR) is 115 cm³/mol. The van der Waals surface area contributed by atoms with Crippen molar-refractivity contribution in [1.82, 2.24) is 15.2 Å². The lowest BCUT2D eigenvalue weighted by Crippen LogP contribution is -2.45. The van der Waals surface area contributed by atoms with E-state index in [-0.39, 0.29) is 11.7 Å². The number of hydrogen-bond donors (Lipinski definition) is 1. The summed E-state index contributed by atoms with van der Waals surface area (Å²) in [4.78, 5) is 32.0. The van der Waals surface area contributed by atoms with E-state index >= 15 is 0 Å². The van der Waals surface area contributed by atoms with Crippen LogP contribution >= 0.6 is 11.6 Å². The molecule has 0 spiro atoms. The Morgan fingerprint density at radius 1 is 0.935 bits per heavy atom. The summed E-state index contributed by atoms with van der Waals surface area (Å²) in [6.45, 7) is 0.00536. The molecule has 3 amide bonds. The lowest BCUT2D eigenvalue weighted by molar-refractivity contribution is -0.130. The van der Waals surface area contributed by atoms with Crippen molar-refractivity contribution in [1.29, 1.82) is 0 Å². The van der Waals surface area contributed by atoms with Gasteiger partial charge in [0.15, 0.2) is 5.54 Å². The molecule has 0 bridgehead atoms. The van der Waals surface area contributed by atoms with Crippen LogP contribution in [0.25, 0.3) is 0 Å². The van der Waals surface area contributed by atoms with Crippen molar-refractivity contribution in [3.8, 4) is 11.5 Å². The normalized spacial score (nSPS) is 15.0. The Kier molecular flexibility index (Phi) is 5.52. The van der Waals surface area contributed by atoms with Gasteiger partial charge in [-0.1, -0.05) is 41.9 Å². The van der Waals surface area contributed by atoms with Crippen LogP contribution in [0, 0.1) is 0 Å². The van der Waals surface area contributed by atoms with E-state index in [4.69, 9.17) is 21.1 Å². The van der Waals surface area contributed by atoms with Crippen LogP contribution in [-0.2, 0) is 16.9 Å². The number of hydrogen-bond acceptors (Lipinski definition) is 5. The molecule has 1 aliphatic heterocycles. The minimum atomic E-state index is -1.40. The van der Waals surface area contributed by atoms with E-state index in [0.29, 0.717) is 28.2 Å². The van der Waals surface area contributed by atoms with E-state index in [1.807, 2.05) is 0 Å². The zero-order chi connectivity index (χ0) is 22.0. The Labute approximate surface area is 184 Å². The van der Waals surface area contributed by atoms with E-state index in [1.54, 1.807) is 81.1 Å². The highest BCUT2D eigenvalue weighted by Crippen LogP contribution is 2.38. The topological polar surface area (TPSA) is 80.8 Å². The van der Waals surface area contributed by atoms with Gasteiger partial charge in [0.05, 0.1) is 20.8 Å². The summed E-state index contributed by atoms with van der Waals surface area (Å²) in [5.41, 5.74) is 0.394. The molecule has 0 aliphatic carbocycles. The van der Waals surface area contributed by atoms with Gasteiger partial charge in [0.2, 0.25) is 0 Å². The lowest BCUT2D eigenvalue weighted by atomic mass is 9.82. The number of ether oxygens (including phenoxy) is 2. The first-order chi connectivity index (χ1) is 15.0. The maximum absolute atomic E-state index is 13.8. The number of nitrogens with zero attached hydrogens (tertiary/aromatic N) is 2. The number of carbonyl (C=O) groups excluding carboxylic acids is 2. The number of aromatic nitrogens is 1. The molecule has 3 aromatic rings. The summed E-state index contributed by atoms with van der Waals surface area (Å²) in [6, 6.07) is 17.0. The molecule has 1 fully saturated rings. The van der Waals surface area contributed by atoms with Crippen LogP contribution in [-0.4, -0.2) is 36.0 Å². The van der Waals surface area contributed by atoms with Crippen LogP contribution < -0.4 is 14.8 Å². The van der Waals surface area contributed by atoms with Crippen molar-refractivity contribution in [3.63, 3.8) is 0 Å². The monoisotopic (exact) mass is 437 g/mol. The molecule has 0 radical (unpaired) electrons. The molecule has 8 heteroatoms. The number of carbonyl (C=O) groups is 2. The first-order valence-electron chi connectivity index (χ1n) is 9.52. The number of nitrogens with one attached hydrogen (secondary N) is 1. The fraction of sp³-hybridized carbons (Fsp3) is 0.174. The van der Waals surface area contributed by atoms with Crippen molar-refractivity contribution in [3.05, 3.63) is 88.7 Å². The highest BCUT2D eigenvalue weighted by molar-refractivity contribution is 6.30. The summed E-state index contributed by atoms with van der Waals surface area (Å²) < 4.78 is 10.5. The molecule has 2 aromatic carbocycles. The summed E-state index contributed by atoms with van der Waals surface area (Å²) in [5, 5.41) is 3.15. The van der Waals surface area contributed by atoms with Crippen molar-refractivity contribution < 1.29 is 19.1 Å². The molecular weight excluding hydrogens is 418 g/mol. The maximum Gasteiger partial charge on any atom is 0.325 e. The van der Waals surface area contributed by atoms with Crippen molar-refractivity contribution in [2.75, 3.05) is 14.2 Å². The van der Waals surface area contributed by atoms with Crippen LogP contribution in [0.2, 0.25) is 5.15 Å². The fourth-order valence-corrected chi connectivity index (χ4v) is 3.85.